The molecule has 0 radical (unpaired) electrons. The molecule has 102 valence electrons. The van der Waals surface area contributed by atoms with Crippen molar-refractivity contribution in [2.24, 2.45) is 0 Å². The molecule has 1 aliphatic rings. The molecule has 0 aliphatic carbocycles. The molecule has 1 aliphatic heterocycles. The van der Waals surface area contributed by atoms with E-state index in [1.165, 1.54) is 11.1 Å². The highest BCUT2D eigenvalue weighted by atomic mass is 16.5. The minimum Gasteiger partial charge on any atom is -0.497 e. The molecule has 2 aromatic carbocycles. The fourth-order valence-electron chi connectivity index (χ4n) is 2.54. The van der Waals surface area contributed by atoms with E-state index >= 15 is 0 Å². The summed E-state index contributed by atoms with van der Waals surface area (Å²) in [6.07, 6.45) is 2.14. The predicted molar refractivity (Wildman–Crippen MR) is 79.5 cm³/mol. The molecule has 0 saturated heterocycles. The molecular weight excluding hydrogens is 250 g/mol. The number of benzene rings is 2. The summed E-state index contributed by atoms with van der Waals surface area (Å²) in [4.78, 5) is 0. The van der Waals surface area contributed by atoms with E-state index in [0.29, 0.717) is 6.73 Å². The van der Waals surface area contributed by atoms with Crippen molar-refractivity contribution in [2.45, 2.75) is 13.8 Å². The number of hydrogen-bond acceptors (Lipinski definition) is 2. The van der Waals surface area contributed by atoms with E-state index in [0.717, 1.165) is 22.7 Å². The maximum atomic E-state index is 5.90. The summed E-state index contributed by atoms with van der Waals surface area (Å²) in [5, 5.41) is 0. The van der Waals surface area contributed by atoms with Crippen LogP contribution in [0.3, 0.4) is 0 Å². The second-order valence-electron chi connectivity index (χ2n) is 5.07. The fourth-order valence-corrected chi connectivity index (χ4v) is 2.54. The van der Waals surface area contributed by atoms with Gasteiger partial charge in [-0.05, 0) is 43.2 Å². The molecule has 0 amide bonds. The lowest BCUT2D eigenvalue weighted by Crippen LogP contribution is -2.21. The zero-order chi connectivity index (χ0) is 14.1. The van der Waals surface area contributed by atoms with Crippen LogP contribution in [0.25, 0.3) is 0 Å². The van der Waals surface area contributed by atoms with Crippen molar-refractivity contribution in [3.63, 3.8) is 0 Å². The highest BCUT2D eigenvalue weighted by Crippen LogP contribution is 2.28. The highest BCUT2D eigenvalue weighted by molar-refractivity contribution is 5.82. The second kappa shape index (κ2) is 5.00. The first-order chi connectivity index (χ1) is 9.67. The van der Waals surface area contributed by atoms with Crippen LogP contribution in [-0.2, 0) is 0 Å². The fraction of sp³-hybridized carbons (Fsp3) is 0.235. The minimum atomic E-state index is 0.531. The van der Waals surface area contributed by atoms with Crippen LogP contribution in [0.5, 0.6) is 11.5 Å². The summed E-state index contributed by atoms with van der Waals surface area (Å²) in [6, 6.07) is 12.3. The number of methoxy groups -OCH3 is 1. The van der Waals surface area contributed by atoms with Crippen molar-refractivity contribution < 1.29 is 14.0 Å². The maximum Gasteiger partial charge on any atom is 0.292 e. The van der Waals surface area contributed by atoms with Gasteiger partial charge in [0.1, 0.15) is 11.5 Å². The van der Waals surface area contributed by atoms with Crippen molar-refractivity contribution in [1.29, 1.82) is 0 Å². The molecule has 3 nitrogen and oxygen atoms in total. The number of fused-ring (bicyclic) bond motifs is 1. The molecule has 3 rings (SSSR count). The normalized spacial score (nSPS) is 13.2. The van der Waals surface area contributed by atoms with Gasteiger partial charge in [-0.2, -0.15) is 4.58 Å². The van der Waals surface area contributed by atoms with Crippen LogP contribution in [0.4, 0.5) is 5.69 Å². The Balaban J connectivity index is 2.01. The summed E-state index contributed by atoms with van der Waals surface area (Å²) in [5.41, 5.74) is 4.66. The molecule has 0 atom stereocenters. The summed E-state index contributed by atoms with van der Waals surface area (Å²) < 4.78 is 13.2. The third-order valence-electron chi connectivity index (χ3n) is 3.49. The van der Waals surface area contributed by atoms with Crippen LogP contribution in [0.1, 0.15) is 16.7 Å². The third kappa shape index (κ3) is 2.27. The lowest BCUT2D eigenvalue weighted by molar-refractivity contribution is -0.476. The minimum absolute atomic E-state index is 0.531. The summed E-state index contributed by atoms with van der Waals surface area (Å²) >= 11 is 0. The molecule has 0 N–H and O–H groups in total. The SMILES string of the molecule is COc1ccc([N+]2=Cc3cc(C)cc(C)c3OC2)cc1. The topological polar surface area (TPSA) is 21.5 Å². The number of rotatable bonds is 2. The molecule has 0 saturated carbocycles. The van der Waals surface area contributed by atoms with Crippen LogP contribution < -0.4 is 9.47 Å². The van der Waals surface area contributed by atoms with Crippen molar-refractivity contribution in [3.8, 4) is 11.5 Å². The van der Waals surface area contributed by atoms with Gasteiger partial charge in [-0.1, -0.05) is 6.07 Å². The van der Waals surface area contributed by atoms with E-state index in [2.05, 4.69) is 36.8 Å². The largest absolute Gasteiger partial charge is 0.497 e. The predicted octanol–water partition coefficient (Wildman–Crippen LogP) is 3.43. The molecule has 0 spiro atoms. The number of aryl methyl sites for hydroxylation is 2. The molecule has 0 aromatic heterocycles. The number of nitrogens with zero attached hydrogens (tertiary/aromatic N) is 1. The smallest absolute Gasteiger partial charge is 0.292 e. The van der Waals surface area contributed by atoms with Gasteiger partial charge >= 0.3 is 0 Å². The van der Waals surface area contributed by atoms with Gasteiger partial charge in [0.25, 0.3) is 6.73 Å². The number of ether oxygens (including phenoxy) is 2. The van der Waals surface area contributed by atoms with Gasteiger partial charge in [0.15, 0.2) is 6.21 Å². The Morgan fingerprint density at radius 1 is 1.10 bits per heavy atom. The zero-order valence-electron chi connectivity index (χ0n) is 12.0. The van der Waals surface area contributed by atoms with Gasteiger partial charge in [0.2, 0.25) is 5.69 Å². The number of hydrogen-bond donors (Lipinski definition) is 0. The Labute approximate surface area is 119 Å². The van der Waals surface area contributed by atoms with E-state index in [1.54, 1.807) is 7.11 Å². The summed E-state index contributed by atoms with van der Waals surface area (Å²) in [6.45, 7) is 4.72. The van der Waals surface area contributed by atoms with E-state index in [-0.39, 0.29) is 0 Å². The maximum absolute atomic E-state index is 5.90. The van der Waals surface area contributed by atoms with Gasteiger partial charge in [-0.25, -0.2) is 0 Å². The van der Waals surface area contributed by atoms with Crippen molar-refractivity contribution in [1.82, 2.24) is 0 Å². The Morgan fingerprint density at radius 3 is 2.55 bits per heavy atom. The van der Waals surface area contributed by atoms with Gasteiger partial charge in [-0.15, -0.1) is 0 Å². The molecule has 0 unspecified atom stereocenters. The average Bonchev–Trinajstić information content (AvgIpc) is 2.46. The highest BCUT2D eigenvalue weighted by Gasteiger charge is 2.20. The Bertz CT molecular complexity index is 672. The van der Waals surface area contributed by atoms with Crippen LogP contribution in [-0.4, -0.2) is 24.6 Å². The Morgan fingerprint density at radius 2 is 1.85 bits per heavy atom. The summed E-state index contributed by atoms with van der Waals surface area (Å²) in [5.74, 6) is 1.85. The molecule has 0 fully saturated rings. The molecule has 2 aromatic rings. The lowest BCUT2D eigenvalue weighted by Gasteiger charge is -2.16. The van der Waals surface area contributed by atoms with Crippen LogP contribution in [0.2, 0.25) is 0 Å². The first-order valence-electron chi connectivity index (χ1n) is 6.67. The molecule has 3 heteroatoms. The quantitative estimate of drug-likeness (QED) is 0.778. The van der Waals surface area contributed by atoms with Gasteiger partial charge in [0.05, 0.1) is 12.7 Å². The Hall–Kier alpha value is -2.29. The molecular formula is C17H18NO2+. The zero-order valence-corrected chi connectivity index (χ0v) is 12.0. The van der Waals surface area contributed by atoms with Gasteiger partial charge in [-0.3, -0.25) is 0 Å². The van der Waals surface area contributed by atoms with Crippen LogP contribution >= 0.6 is 0 Å². The molecule has 1 heterocycles. The van der Waals surface area contributed by atoms with Gasteiger partial charge in [0, 0.05) is 12.1 Å². The average molecular weight is 268 g/mol. The van der Waals surface area contributed by atoms with E-state index < -0.39 is 0 Å². The molecule has 0 bridgehead atoms. The third-order valence-corrected chi connectivity index (χ3v) is 3.49. The van der Waals surface area contributed by atoms with Crippen LogP contribution in [0, 0.1) is 13.8 Å². The molecule has 20 heavy (non-hydrogen) atoms. The standard InChI is InChI=1S/C17H18NO2/c1-12-8-13(2)17-14(9-12)10-18(11-20-17)15-4-6-16(19-3)7-5-15/h4-10H,11H2,1-3H3/q+1. The monoisotopic (exact) mass is 268 g/mol. The van der Waals surface area contributed by atoms with Crippen molar-refractivity contribution in [2.75, 3.05) is 13.8 Å². The van der Waals surface area contributed by atoms with E-state index in [9.17, 15) is 0 Å². The van der Waals surface area contributed by atoms with Crippen LogP contribution in [0.15, 0.2) is 36.4 Å². The lowest BCUT2D eigenvalue weighted by atomic mass is 10.1. The second-order valence-corrected chi connectivity index (χ2v) is 5.07. The Kier molecular flexibility index (Phi) is 3.18. The van der Waals surface area contributed by atoms with Crippen molar-refractivity contribution in [3.05, 3.63) is 53.1 Å². The first-order valence-corrected chi connectivity index (χ1v) is 6.67. The van der Waals surface area contributed by atoms with Gasteiger partial charge < -0.3 is 9.47 Å². The van der Waals surface area contributed by atoms with E-state index in [1.807, 2.05) is 24.3 Å². The summed E-state index contributed by atoms with van der Waals surface area (Å²) in [7, 11) is 1.67. The first kappa shape index (κ1) is 12.7. The van der Waals surface area contributed by atoms with Crippen molar-refractivity contribution >= 4 is 11.9 Å². The van der Waals surface area contributed by atoms with E-state index in [4.69, 9.17) is 9.47 Å².